The van der Waals surface area contributed by atoms with Crippen LogP contribution in [0.5, 0.6) is 5.75 Å². The van der Waals surface area contributed by atoms with Crippen molar-refractivity contribution in [3.8, 4) is 11.8 Å². The molecule has 0 amide bonds. The summed E-state index contributed by atoms with van der Waals surface area (Å²) in [5.41, 5.74) is 3.51. The highest BCUT2D eigenvalue weighted by Crippen LogP contribution is 2.44. The number of rotatable bonds is 7. The molecule has 0 spiro atoms. The van der Waals surface area contributed by atoms with E-state index >= 15 is 0 Å². The Morgan fingerprint density at radius 1 is 0.964 bits per heavy atom. The molecule has 1 fully saturated rings. The van der Waals surface area contributed by atoms with Crippen LogP contribution < -0.4 is 4.74 Å². The maximum Gasteiger partial charge on any atom is 0.130 e. The predicted molar refractivity (Wildman–Crippen MR) is 112 cm³/mol. The van der Waals surface area contributed by atoms with Crippen LogP contribution in [-0.4, -0.2) is 4.98 Å². The minimum atomic E-state index is 0.256. The van der Waals surface area contributed by atoms with Gasteiger partial charge in [-0.25, -0.2) is 4.98 Å². The zero-order valence-corrected chi connectivity index (χ0v) is 16.2. The Hall–Kier alpha value is -2.86. The lowest BCUT2D eigenvalue weighted by Gasteiger charge is -2.26. The Balaban J connectivity index is 1.33. The van der Waals surface area contributed by atoms with Crippen molar-refractivity contribution in [3.05, 3.63) is 71.9 Å². The Morgan fingerprint density at radius 2 is 1.75 bits per heavy atom. The standard InChI is InChI=1S/C25H26N2O/c26-18-17-25(14-3-4-15-25)16-13-20-7-11-23(12-8-20)28-19-22-10-9-21-5-1-2-6-24(21)27-22/h1-2,5-12H,3-4,13-17,19H2. The number of benzene rings is 2. The van der Waals surface area contributed by atoms with Gasteiger partial charge in [0.1, 0.15) is 12.4 Å². The van der Waals surface area contributed by atoms with Crippen molar-refractivity contribution >= 4 is 10.9 Å². The van der Waals surface area contributed by atoms with Crippen molar-refractivity contribution in [3.63, 3.8) is 0 Å². The van der Waals surface area contributed by atoms with Gasteiger partial charge < -0.3 is 4.74 Å². The number of hydrogen-bond acceptors (Lipinski definition) is 3. The van der Waals surface area contributed by atoms with Gasteiger partial charge >= 0.3 is 0 Å². The van der Waals surface area contributed by atoms with Crippen molar-refractivity contribution in [2.24, 2.45) is 5.41 Å². The van der Waals surface area contributed by atoms with E-state index in [1.807, 2.05) is 36.4 Å². The molecule has 0 atom stereocenters. The van der Waals surface area contributed by atoms with E-state index < -0.39 is 0 Å². The van der Waals surface area contributed by atoms with Crippen molar-refractivity contribution in [1.29, 1.82) is 5.26 Å². The van der Waals surface area contributed by atoms with Crippen LogP contribution >= 0.6 is 0 Å². The number of para-hydroxylation sites is 1. The molecule has 2 aromatic carbocycles. The normalized spacial score (nSPS) is 15.4. The lowest BCUT2D eigenvalue weighted by atomic mass is 9.78. The minimum Gasteiger partial charge on any atom is -0.487 e. The average molecular weight is 370 g/mol. The third-order valence-electron chi connectivity index (χ3n) is 6.03. The molecule has 1 aromatic heterocycles. The quantitative estimate of drug-likeness (QED) is 0.496. The summed E-state index contributed by atoms with van der Waals surface area (Å²) < 4.78 is 5.93. The SMILES string of the molecule is N#CCC1(CCc2ccc(OCc3ccc4ccccc4n3)cc2)CCCC1. The van der Waals surface area contributed by atoms with Gasteiger partial charge in [-0.2, -0.15) is 5.26 Å². The molecule has 0 N–H and O–H groups in total. The van der Waals surface area contributed by atoms with Crippen molar-refractivity contribution < 1.29 is 4.74 Å². The van der Waals surface area contributed by atoms with Crippen molar-refractivity contribution in [1.82, 2.24) is 4.98 Å². The topological polar surface area (TPSA) is 45.9 Å². The fourth-order valence-corrected chi connectivity index (χ4v) is 4.32. The first-order valence-electron chi connectivity index (χ1n) is 10.2. The van der Waals surface area contributed by atoms with Gasteiger partial charge in [-0.3, -0.25) is 0 Å². The van der Waals surface area contributed by atoms with Crippen LogP contribution in [-0.2, 0) is 13.0 Å². The smallest absolute Gasteiger partial charge is 0.130 e. The number of aryl methyl sites for hydroxylation is 1. The highest BCUT2D eigenvalue weighted by molar-refractivity contribution is 5.78. The monoisotopic (exact) mass is 370 g/mol. The van der Waals surface area contributed by atoms with Crippen LogP contribution in [0.15, 0.2) is 60.7 Å². The van der Waals surface area contributed by atoms with Gasteiger partial charge in [-0.15, -0.1) is 0 Å². The molecular formula is C25H26N2O. The van der Waals surface area contributed by atoms with Crippen LogP contribution in [0.4, 0.5) is 0 Å². The largest absolute Gasteiger partial charge is 0.487 e. The molecular weight excluding hydrogens is 344 g/mol. The van der Waals surface area contributed by atoms with E-state index in [-0.39, 0.29) is 5.41 Å². The summed E-state index contributed by atoms with van der Waals surface area (Å²) >= 11 is 0. The molecule has 142 valence electrons. The minimum absolute atomic E-state index is 0.256. The molecule has 0 unspecified atom stereocenters. The number of nitrogens with zero attached hydrogens (tertiary/aromatic N) is 2. The fourth-order valence-electron chi connectivity index (χ4n) is 4.32. The molecule has 1 aliphatic rings. The fraction of sp³-hybridized carbons (Fsp3) is 0.360. The van der Waals surface area contributed by atoms with Gasteiger partial charge in [-0.05, 0) is 60.9 Å². The summed E-state index contributed by atoms with van der Waals surface area (Å²) in [6.07, 6.45) is 7.82. The maximum atomic E-state index is 9.17. The van der Waals surface area contributed by atoms with E-state index in [4.69, 9.17) is 10.00 Å². The molecule has 3 heteroatoms. The summed E-state index contributed by atoms with van der Waals surface area (Å²) in [7, 11) is 0. The molecule has 0 aliphatic heterocycles. The van der Waals surface area contributed by atoms with Gasteiger partial charge in [-0.1, -0.05) is 49.2 Å². The maximum absolute atomic E-state index is 9.17. The van der Waals surface area contributed by atoms with E-state index in [2.05, 4.69) is 35.3 Å². The molecule has 1 aliphatic carbocycles. The molecule has 0 saturated heterocycles. The Labute approximate surface area is 167 Å². The molecule has 0 bridgehead atoms. The van der Waals surface area contributed by atoms with Crippen LogP contribution in [0.25, 0.3) is 10.9 Å². The zero-order valence-electron chi connectivity index (χ0n) is 16.2. The molecule has 0 radical (unpaired) electrons. The molecule has 28 heavy (non-hydrogen) atoms. The number of hydrogen-bond donors (Lipinski definition) is 0. The lowest BCUT2D eigenvalue weighted by Crippen LogP contribution is -2.16. The van der Waals surface area contributed by atoms with E-state index in [0.717, 1.165) is 35.2 Å². The van der Waals surface area contributed by atoms with E-state index in [0.29, 0.717) is 13.0 Å². The van der Waals surface area contributed by atoms with E-state index in [1.54, 1.807) is 0 Å². The van der Waals surface area contributed by atoms with Gasteiger partial charge in [0, 0.05) is 11.8 Å². The van der Waals surface area contributed by atoms with Gasteiger partial charge in [0.05, 0.1) is 17.3 Å². The predicted octanol–water partition coefficient (Wildman–Crippen LogP) is 6.22. The second kappa shape index (κ2) is 8.44. The third-order valence-corrected chi connectivity index (χ3v) is 6.03. The van der Waals surface area contributed by atoms with Crippen LogP contribution in [0.2, 0.25) is 0 Å². The van der Waals surface area contributed by atoms with Crippen LogP contribution in [0, 0.1) is 16.7 Å². The highest BCUT2D eigenvalue weighted by Gasteiger charge is 2.33. The number of fused-ring (bicyclic) bond motifs is 1. The first-order valence-corrected chi connectivity index (χ1v) is 10.2. The average Bonchev–Trinajstić information content (AvgIpc) is 3.20. The third kappa shape index (κ3) is 4.34. The summed E-state index contributed by atoms with van der Waals surface area (Å²) in [6.45, 7) is 0.468. The number of aromatic nitrogens is 1. The number of nitriles is 1. The molecule has 4 rings (SSSR count). The molecule has 1 heterocycles. The van der Waals surface area contributed by atoms with E-state index in [1.165, 1.54) is 31.2 Å². The molecule has 3 aromatic rings. The van der Waals surface area contributed by atoms with Gasteiger partial charge in [0.2, 0.25) is 0 Å². The first-order chi connectivity index (χ1) is 13.8. The molecule has 3 nitrogen and oxygen atoms in total. The van der Waals surface area contributed by atoms with Crippen LogP contribution in [0.1, 0.15) is 49.8 Å². The molecule has 1 saturated carbocycles. The van der Waals surface area contributed by atoms with E-state index in [9.17, 15) is 0 Å². The van der Waals surface area contributed by atoms with Gasteiger partial charge in [0.15, 0.2) is 0 Å². The van der Waals surface area contributed by atoms with Crippen molar-refractivity contribution in [2.75, 3.05) is 0 Å². The summed E-state index contributed by atoms with van der Waals surface area (Å²) in [6, 6.07) is 23.0. The number of ether oxygens (including phenoxy) is 1. The summed E-state index contributed by atoms with van der Waals surface area (Å²) in [4.78, 5) is 4.66. The lowest BCUT2D eigenvalue weighted by molar-refractivity contribution is 0.278. The Kier molecular flexibility index (Phi) is 5.58. The van der Waals surface area contributed by atoms with Crippen LogP contribution in [0.3, 0.4) is 0 Å². The first kappa shape index (κ1) is 18.5. The number of pyridine rings is 1. The summed E-state index contributed by atoms with van der Waals surface area (Å²) in [5, 5.41) is 10.3. The zero-order chi connectivity index (χ0) is 19.2. The Bertz CT molecular complexity index is 966. The highest BCUT2D eigenvalue weighted by atomic mass is 16.5. The van der Waals surface area contributed by atoms with Crippen molar-refractivity contribution in [2.45, 2.75) is 51.6 Å². The second-order valence-corrected chi connectivity index (χ2v) is 7.97. The Morgan fingerprint density at radius 3 is 2.54 bits per heavy atom. The second-order valence-electron chi connectivity index (χ2n) is 7.97. The van der Waals surface area contributed by atoms with Gasteiger partial charge in [0.25, 0.3) is 0 Å². The summed E-state index contributed by atoms with van der Waals surface area (Å²) in [5.74, 6) is 0.867.